The zero-order valence-electron chi connectivity index (χ0n) is 33.4. The molecule has 4 nitrogen and oxygen atoms in total. The molecule has 0 bridgehead atoms. The van der Waals surface area contributed by atoms with E-state index < -0.39 is 0 Å². The van der Waals surface area contributed by atoms with Crippen LogP contribution in [0.5, 0.6) is 0 Å². The van der Waals surface area contributed by atoms with Crippen LogP contribution in [0.25, 0.3) is 121 Å². The van der Waals surface area contributed by atoms with Crippen LogP contribution in [0.3, 0.4) is 0 Å². The van der Waals surface area contributed by atoms with Crippen LogP contribution in [0, 0.1) is 0 Å². The standard InChI is InChI=1S/C57H35N3OS/c1-2-9-40(10-3-1)50-34-51(60-57(59-50)42-26-20-37(21-27-42)36-16-18-38(19-17-36)44-11-8-32-58-35-44)41-24-22-39(23-25-41)46-30-29-45(55-48-13-4-6-14-52(48)61-56(46)55)43-28-31-54-49(33-43)47-12-5-7-15-53(47)62-54/h1-35H. The number of fused-ring (bicyclic) bond motifs is 6. The summed E-state index contributed by atoms with van der Waals surface area (Å²) in [7, 11) is 0. The average Bonchev–Trinajstić information content (AvgIpc) is 3.93. The van der Waals surface area contributed by atoms with E-state index in [0.29, 0.717) is 5.82 Å². The number of furan rings is 1. The van der Waals surface area contributed by atoms with E-state index in [4.69, 9.17) is 14.4 Å². The van der Waals surface area contributed by atoms with Crippen molar-refractivity contribution < 1.29 is 4.42 Å². The number of thiophene rings is 1. The molecule has 8 aromatic carbocycles. The summed E-state index contributed by atoms with van der Waals surface area (Å²) in [5, 5.41) is 4.82. The zero-order chi connectivity index (χ0) is 41.0. The van der Waals surface area contributed by atoms with Crippen molar-refractivity contribution in [2.24, 2.45) is 0 Å². The van der Waals surface area contributed by atoms with Crippen LogP contribution in [0.4, 0.5) is 0 Å². The fraction of sp³-hybridized carbons (Fsp3) is 0. The van der Waals surface area contributed by atoms with E-state index in [1.165, 1.54) is 25.7 Å². The van der Waals surface area contributed by atoms with Crippen LogP contribution in [0.15, 0.2) is 217 Å². The lowest BCUT2D eigenvalue weighted by Gasteiger charge is -2.11. The third kappa shape index (κ3) is 6.35. The summed E-state index contributed by atoms with van der Waals surface area (Å²) in [6.45, 7) is 0. The molecule has 0 saturated heterocycles. The molecule has 5 heteroatoms. The fourth-order valence-corrected chi connectivity index (χ4v) is 9.78. The predicted octanol–water partition coefficient (Wildman–Crippen LogP) is 15.8. The molecule has 0 atom stereocenters. The minimum absolute atomic E-state index is 0.678. The van der Waals surface area contributed by atoms with Crippen LogP contribution in [0.1, 0.15) is 0 Å². The number of rotatable bonds is 7. The van der Waals surface area contributed by atoms with Gasteiger partial charge in [0, 0.05) is 65.6 Å². The molecule has 4 heterocycles. The second-order valence-electron chi connectivity index (χ2n) is 15.6. The van der Waals surface area contributed by atoms with Gasteiger partial charge in [0.15, 0.2) is 5.82 Å². The molecule has 0 amide bonds. The first kappa shape index (κ1) is 35.9. The van der Waals surface area contributed by atoms with E-state index in [0.717, 1.165) is 89.0 Å². The Morgan fingerprint density at radius 3 is 1.68 bits per heavy atom. The minimum Gasteiger partial charge on any atom is -0.455 e. The van der Waals surface area contributed by atoms with E-state index in [-0.39, 0.29) is 0 Å². The van der Waals surface area contributed by atoms with Crippen LogP contribution in [0.2, 0.25) is 0 Å². The monoisotopic (exact) mass is 809 g/mol. The molecule has 0 radical (unpaired) electrons. The van der Waals surface area contributed by atoms with Gasteiger partial charge in [-0.3, -0.25) is 4.98 Å². The maximum atomic E-state index is 6.73. The van der Waals surface area contributed by atoms with Crippen molar-refractivity contribution in [3.8, 4) is 78.4 Å². The van der Waals surface area contributed by atoms with Crippen molar-refractivity contribution in [3.63, 3.8) is 0 Å². The molecular formula is C57H35N3OS. The Morgan fingerprint density at radius 1 is 0.371 bits per heavy atom. The maximum Gasteiger partial charge on any atom is 0.160 e. The lowest BCUT2D eigenvalue weighted by atomic mass is 9.93. The normalized spacial score (nSPS) is 11.5. The molecular weight excluding hydrogens is 775 g/mol. The van der Waals surface area contributed by atoms with Crippen molar-refractivity contribution in [2.75, 3.05) is 0 Å². The second-order valence-corrected chi connectivity index (χ2v) is 16.7. The molecule has 0 aliphatic heterocycles. The number of para-hydroxylation sites is 1. The summed E-state index contributed by atoms with van der Waals surface area (Å²) in [6.07, 6.45) is 3.69. The highest BCUT2D eigenvalue weighted by molar-refractivity contribution is 7.25. The number of nitrogens with zero attached hydrogens (tertiary/aromatic N) is 3. The highest BCUT2D eigenvalue weighted by Gasteiger charge is 2.19. The molecule has 0 N–H and O–H groups in total. The van der Waals surface area contributed by atoms with Gasteiger partial charge < -0.3 is 4.42 Å². The zero-order valence-corrected chi connectivity index (χ0v) is 34.2. The molecule has 0 spiro atoms. The van der Waals surface area contributed by atoms with E-state index >= 15 is 0 Å². The Bertz CT molecular complexity index is 3590. The highest BCUT2D eigenvalue weighted by Crippen LogP contribution is 2.44. The third-order valence-corrected chi connectivity index (χ3v) is 13.0. The Hall–Kier alpha value is -7.99. The second kappa shape index (κ2) is 14.9. The molecule has 12 aromatic rings. The van der Waals surface area contributed by atoms with Gasteiger partial charge in [-0.15, -0.1) is 11.3 Å². The van der Waals surface area contributed by atoms with Gasteiger partial charge in [-0.2, -0.15) is 0 Å². The van der Waals surface area contributed by atoms with Crippen molar-refractivity contribution in [1.29, 1.82) is 0 Å². The van der Waals surface area contributed by atoms with Gasteiger partial charge in [-0.1, -0.05) is 158 Å². The lowest BCUT2D eigenvalue weighted by molar-refractivity contribution is 0.670. The topological polar surface area (TPSA) is 51.8 Å². The maximum absolute atomic E-state index is 6.73. The van der Waals surface area contributed by atoms with Gasteiger partial charge >= 0.3 is 0 Å². The summed E-state index contributed by atoms with van der Waals surface area (Å²) in [6, 6.07) is 70.6. The van der Waals surface area contributed by atoms with E-state index in [1.54, 1.807) is 6.20 Å². The predicted molar refractivity (Wildman–Crippen MR) is 258 cm³/mol. The molecule has 0 fully saturated rings. The van der Waals surface area contributed by atoms with Crippen molar-refractivity contribution in [2.45, 2.75) is 0 Å². The van der Waals surface area contributed by atoms with Gasteiger partial charge in [-0.05, 0) is 81.4 Å². The lowest BCUT2D eigenvalue weighted by Crippen LogP contribution is -1.96. The van der Waals surface area contributed by atoms with Crippen LogP contribution >= 0.6 is 11.3 Å². The minimum atomic E-state index is 0.678. The quantitative estimate of drug-likeness (QED) is 0.161. The van der Waals surface area contributed by atoms with Crippen molar-refractivity contribution >= 4 is 53.4 Å². The number of hydrogen-bond donors (Lipinski definition) is 0. The number of aromatic nitrogens is 3. The fourth-order valence-electron chi connectivity index (χ4n) is 8.69. The van der Waals surface area contributed by atoms with E-state index in [2.05, 4.69) is 175 Å². The average molecular weight is 810 g/mol. The van der Waals surface area contributed by atoms with Crippen LogP contribution in [-0.2, 0) is 0 Å². The molecule has 12 rings (SSSR count). The smallest absolute Gasteiger partial charge is 0.160 e. The first-order valence-electron chi connectivity index (χ1n) is 20.7. The summed E-state index contributed by atoms with van der Waals surface area (Å²) in [4.78, 5) is 14.5. The van der Waals surface area contributed by atoms with E-state index in [1.807, 2.05) is 47.9 Å². The Balaban J connectivity index is 0.908. The first-order valence-corrected chi connectivity index (χ1v) is 21.5. The number of benzene rings is 8. The summed E-state index contributed by atoms with van der Waals surface area (Å²) >= 11 is 1.84. The summed E-state index contributed by atoms with van der Waals surface area (Å²) < 4.78 is 9.33. The molecule has 4 aromatic heterocycles. The van der Waals surface area contributed by atoms with Gasteiger partial charge in [0.2, 0.25) is 0 Å². The number of pyridine rings is 1. The highest BCUT2D eigenvalue weighted by atomic mass is 32.1. The molecule has 0 saturated carbocycles. The molecule has 62 heavy (non-hydrogen) atoms. The molecule has 0 unspecified atom stereocenters. The number of hydrogen-bond acceptors (Lipinski definition) is 5. The van der Waals surface area contributed by atoms with Crippen molar-refractivity contribution in [1.82, 2.24) is 15.0 Å². The Morgan fingerprint density at radius 2 is 0.935 bits per heavy atom. The summed E-state index contributed by atoms with van der Waals surface area (Å²) in [5.41, 5.74) is 15.5. The van der Waals surface area contributed by atoms with Crippen LogP contribution in [-0.4, -0.2) is 15.0 Å². The Labute approximate surface area is 362 Å². The van der Waals surface area contributed by atoms with Crippen LogP contribution < -0.4 is 0 Å². The summed E-state index contributed by atoms with van der Waals surface area (Å²) in [5.74, 6) is 0.678. The van der Waals surface area contributed by atoms with Gasteiger partial charge in [-0.25, -0.2) is 9.97 Å². The van der Waals surface area contributed by atoms with Gasteiger partial charge in [0.25, 0.3) is 0 Å². The first-order chi connectivity index (χ1) is 30.7. The van der Waals surface area contributed by atoms with E-state index in [9.17, 15) is 0 Å². The largest absolute Gasteiger partial charge is 0.455 e. The molecule has 0 aliphatic rings. The molecule has 290 valence electrons. The molecule has 0 aliphatic carbocycles. The van der Waals surface area contributed by atoms with Gasteiger partial charge in [0.05, 0.1) is 11.4 Å². The van der Waals surface area contributed by atoms with Crippen molar-refractivity contribution in [3.05, 3.63) is 213 Å². The van der Waals surface area contributed by atoms with Gasteiger partial charge in [0.1, 0.15) is 11.2 Å². The Kier molecular flexibility index (Phi) is 8.65. The third-order valence-electron chi connectivity index (χ3n) is 11.9. The SMILES string of the molecule is c1ccc(-c2cc(-c3ccc(-c4ccc(-c5ccc6sc7ccccc7c6c5)c5c4oc4ccccc45)cc3)nc(-c3ccc(-c4ccc(-c5cccnc5)cc4)cc3)n2)cc1.